The highest BCUT2D eigenvalue weighted by Gasteiger charge is 2.19. The molecule has 1 saturated heterocycles. The lowest BCUT2D eigenvalue weighted by molar-refractivity contribution is 0.206. The predicted molar refractivity (Wildman–Crippen MR) is 120 cm³/mol. The minimum absolute atomic E-state index is 0. The van der Waals surface area contributed by atoms with Crippen molar-refractivity contribution in [1.29, 1.82) is 0 Å². The number of hydrogen-bond acceptors (Lipinski definition) is 5. The van der Waals surface area contributed by atoms with E-state index in [0.717, 1.165) is 23.3 Å². The van der Waals surface area contributed by atoms with E-state index in [0.29, 0.717) is 12.6 Å². The lowest BCUT2D eigenvalue weighted by Crippen LogP contribution is -2.48. The number of aliphatic imine (C=N–C) groups is 1. The number of thiazole rings is 1. The Morgan fingerprint density at radius 2 is 2.08 bits per heavy atom. The molecule has 1 aromatic rings. The van der Waals surface area contributed by atoms with E-state index in [4.69, 9.17) is 4.99 Å². The zero-order chi connectivity index (χ0) is 17.4. The molecule has 0 aromatic carbocycles. The highest BCUT2D eigenvalue weighted by molar-refractivity contribution is 14.0. The van der Waals surface area contributed by atoms with Crippen LogP contribution in [0.4, 0.5) is 5.13 Å². The van der Waals surface area contributed by atoms with Crippen molar-refractivity contribution in [1.82, 2.24) is 20.5 Å². The van der Waals surface area contributed by atoms with Gasteiger partial charge >= 0.3 is 0 Å². The standard InChI is InChI=1S/C17H32N6S.HI/c1-5-9-23-10-7-14(8-11-23)20-16(18-6-2)19-12-15-13-24-17(21-15)22(3)4;/h13-14H,5-12H2,1-4H3,(H2,18,19,20);1H. The van der Waals surface area contributed by atoms with Crippen molar-refractivity contribution in [2.24, 2.45) is 4.99 Å². The Hall–Kier alpha value is -0.610. The first kappa shape index (κ1) is 22.4. The van der Waals surface area contributed by atoms with E-state index in [1.165, 1.54) is 38.9 Å². The number of nitrogens with one attached hydrogen (secondary N) is 2. The number of hydrogen-bond donors (Lipinski definition) is 2. The molecule has 1 aromatic heterocycles. The van der Waals surface area contributed by atoms with Gasteiger partial charge in [-0.05, 0) is 32.7 Å². The summed E-state index contributed by atoms with van der Waals surface area (Å²) in [6.45, 7) is 9.44. The van der Waals surface area contributed by atoms with Crippen LogP contribution in [0.3, 0.4) is 0 Å². The van der Waals surface area contributed by atoms with Gasteiger partial charge in [0.2, 0.25) is 0 Å². The van der Waals surface area contributed by atoms with Gasteiger partial charge in [-0.3, -0.25) is 0 Å². The van der Waals surface area contributed by atoms with Crippen molar-refractivity contribution in [2.75, 3.05) is 45.2 Å². The van der Waals surface area contributed by atoms with Crippen LogP contribution in [-0.2, 0) is 6.54 Å². The fraction of sp³-hybridized carbons (Fsp3) is 0.765. The van der Waals surface area contributed by atoms with Crippen molar-refractivity contribution in [3.8, 4) is 0 Å². The molecule has 0 saturated carbocycles. The number of guanidine groups is 1. The van der Waals surface area contributed by atoms with Crippen LogP contribution in [0.25, 0.3) is 0 Å². The molecule has 0 unspecified atom stereocenters. The first-order valence-electron chi connectivity index (χ1n) is 9.01. The van der Waals surface area contributed by atoms with E-state index in [9.17, 15) is 0 Å². The summed E-state index contributed by atoms with van der Waals surface area (Å²) in [5.74, 6) is 0.908. The van der Waals surface area contributed by atoms with Crippen LogP contribution in [-0.4, -0.2) is 62.2 Å². The van der Waals surface area contributed by atoms with E-state index in [1.54, 1.807) is 11.3 Å². The van der Waals surface area contributed by atoms with Crippen molar-refractivity contribution in [3.63, 3.8) is 0 Å². The number of rotatable bonds is 7. The summed E-state index contributed by atoms with van der Waals surface area (Å²) in [4.78, 5) is 13.9. The molecule has 8 heteroatoms. The van der Waals surface area contributed by atoms with E-state index in [1.807, 2.05) is 19.0 Å². The monoisotopic (exact) mass is 480 g/mol. The van der Waals surface area contributed by atoms with E-state index in [-0.39, 0.29) is 24.0 Å². The van der Waals surface area contributed by atoms with Gasteiger partial charge in [0, 0.05) is 45.2 Å². The maximum Gasteiger partial charge on any atom is 0.191 e. The fourth-order valence-corrected chi connectivity index (χ4v) is 3.61. The van der Waals surface area contributed by atoms with Gasteiger partial charge in [-0.25, -0.2) is 9.98 Å². The molecule has 2 N–H and O–H groups in total. The van der Waals surface area contributed by atoms with Gasteiger partial charge in [0.25, 0.3) is 0 Å². The molecule has 1 fully saturated rings. The Morgan fingerprint density at radius 1 is 1.36 bits per heavy atom. The molecule has 0 aliphatic carbocycles. The largest absolute Gasteiger partial charge is 0.357 e. The average molecular weight is 480 g/mol. The summed E-state index contributed by atoms with van der Waals surface area (Å²) in [5, 5.41) is 10.1. The van der Waals surface area contributed by atoms with Crippen LogP contribution >= 0.6 is 35.3 Å². The molecule has 144 valence electrons. The topological polar surface area (TPSA) is 55.8 Å². The normalized spacial score (nSPS) is 16.4. The zero-order valence-corrected chi connectivity index (χ0v) is 19.1. The number of halogens is 1. The van der Waals surface area contributed by atoms with Gasteiger partial charge in [-0.1, -0.05) is 6.92 Å². The number of aromatic nitrogens is 1. The molecule has 0 radical (unpaired) electrons. The molecular weight excluding hydrogens is 447 g/mol. The van der Waals surface area contributed by atoms with Crippen molar-refractivity contribution in [2.45, 2.75) is 45.7 Å². The lowest BCUT2D eigenvalue weighted by Gasteiger charge is -2.32. The maximum absolute atomic E-state index is 4.71. The number of piperidine rings is 1. The molecule has 2 rings (SSSR count). The van der Waals surface area contributed by atoms with Crippen molar-refractivity contribution < 1.29 is 0 Å². The van der Waals surface area contributed by atoms with Gasteiger partial charge in [-0.2, -0.15) is 0 Å². The quantitative estimate of drug-likeness (QED) is 0.357. The van der Waals surface area contributed by atoms with E-state index < -0.39 is 0 Å². The van der Waals surface area contributed by atoms with Crippen LogP contribution in [0.1, 0.15) is 38.8 Å². The minimum Gasteiger partial charge on any atom is -0.357 e. The summed E-state index contributed by atoms with van der Waals surface area (Å²) in [6.07, 6.45) is 3.61. The van der Waals surface area contributed by atoms with Gasteiger partial charge < -0.3 is 20.4 Å². The lowest BCUT2D eigenvalue weighted by atomic mass is 10.1. The Kier molecular flexibility index (Phi) is 10.7. The van der Waals surface area contributed by atoms with Crippen LogP contribution in [0.2, 0.25) is 0 Å². The van der Waals surface area contributed by atoms with Crippen LogP contribution in [0, 0.1) is 0 Å². The Morgan fingerprint density at radius 3 is 2.64 bits per heavy atom. The van der Waals surface area contributed by atoms with E-state index in [2.05, 4.69) is 39.7 Å². The average Bonchev–Trinajstić information content (AvgIpc) is 3.04. The Balaban J connectivity index is 0.00000312. The Bertz CT molecular complexity index is 511. The van der Waals surface area contributed by atoms with Gasteiger partial charge in [0.1, 0.15) is 0 Å². The molecule has 0 bridgehead atoms. The zero-order valence-electron chi connectivity index (χ0n) is 15.9. The third-order valence-corrected chi connectivity index (χ3v) is 5.19. The molecule has 2 heterocycles. The molecule has 0 amide bonds. The summed E-state index contributed by atoms with van der Waals surface area (Å²) >= 11 is 1.66. The van der Waals surface area contributed by atoms with Gasteiger partial charge in [0.05, 0.1) is 12.2 Å². The molecule has 1 aliphatic rings. The molecular formula is C17H33IN6S. The number of likely N-dealkylation sites (tertiary alicyclic amines) is 1. The summed E-state index contributed by atoms with van der Waals surface area (Å²) in [6, 6.07) is 0.517. The van der Waals surface area contributed by atoms with Crippen LogP contribution < -0.4 is 15.5 Å². The minimum atomic E-state index is 0. The van der Waals surface area contributed by atoms with Gasteiger partial charge in [0.15, 0.2) is 11.1 Å². The first-order chi connectivity index (χ1) is 11.6. The predicted octanol–water partition coefficient (Wildman–Crippen LogP) is 2.76. The molecule has 0 spiro atoms. The second-order valence-corrected chi connectivity index (χ2v) is 7.31. The van der Waals surface area contributed by atoms with Crippen molar-refractivity contribution >= 4 is 46.4 Å². The summed E-state index contributed by atoms with van der Waals surface area (Å²) in [5.41, 5.74) is 1.03. The summed E-state index contributed by atoms with van der Waals surface area (Å²) in [7, 11) is 4.03. The third kappa shape index (κ3) is 7.65. The van der Waals surface area contributed by atoms with Crippen LogP contribution in [0.5, 0.6) is 0 Å². The van der Waals surface area contributed by atoms with Gasteiger partial charge in [-0.15, -0.1) is 35.3 Å². The molecule has 0 atom stereocenters. The van der Waals surface area contributed by atoms with Crippen molar-refractivity contribution in [3.05, 3.63) is 11.1 Å². The first-order valence-corrected chi connectivity index (χ1v) is 9.89. The highest BCUT2D eigenvalue weighted by atomic mass is 127. The second kappa shape index (κ2) is 11.9. The van der Waals surface area contributed by atoms with E-state index >= 15 is 0 Å². The SMILES string of the molecule is CCCN1CCC(NC(=NCc2csc(N(C)C)n2)NCC)CC1.I. The van der Waals surface area contributed by atoms with Crippen LogP contribution in [0.15, 0.2) is 10.4 Å². The smallest absolute Gasteiger partial charge is 0.191 e. The fourth-order valence-electron chi connectivity index (χ4n) is 2.86. The number of nitrogens with zero attached hydrogens (tertiary/aromatic N) is 4. The number of anilines is 1. The highest BCUT2D eigenvalue weighted by Crippen LogP contribution is 2.18. The molecule has 1 aliphatic heterocycles. The molecule has 25 heavy (non-hydrogen) atoms. The Labute approximate surface area is 173 Å². The third-order valence-electron chi connectivity index (χ3n) is 4.13. The maximum atomic E-state index is 4.71. The second-order valence-electron chi connectivity index (χ2n) is 6.47. The summed E-state index contributed by atoms with van der Waals surface area (Å²) < 4.78 is 0. The molecule has 6 nitrogen and oxygen atoms in total.